The van der Waals surface area contributed by atoms with E-state index in [1.165, 1.54) is 17.0 Å². The average molecular weight is 470 g/mol. The van der Waals surface area contributed by atoms with Crippen molar-refractivity contribution in [1.29, 1.82) is 0 Å². The highest BCUT2D eigenvalue weighted by Gasteiger charge is 2.23. The molecule has 2 rings (SSSR count). The summed E-state index contributed by atoms with van der Waals surface area (Å²) in [6, 6.07) is 13.2. The van der Waals surface area contributed by atoms with Crippen molar-refractivity contribution >= 4 is 23.4 Å². The van der Waals surface area contributed by atoms with Crippen LogP contribution in [0.3, 0.4) is 0 Å². The number of anilines is 1. The van der Waals surface area contributed by atoms with Crippen molar-refractivity contribution in [1.82, 2.24) is 10.2 Å². The Hall–Kier alpha value is -3.22. The van der Waals surface area contributed by atoms with E-state index in [9.17, 15) is 18.8 Å². The van der Waals surface area contributed by atoms with Gasteiger partial charge in [0.05, 0.1) is 13.1 Å². The second-order valence-electron chi connectivity index (χ2n) is 10.1. The Bertz CT molecular complexity index is 966. The zero-order chi connectivity index (χ0) is 25.3. The lowest BCUT2D eigenvalue weighted by Crippen LogP contribution is -2.43. The number of hydrogen-bond donors (Lipinski definition) is 2. The van der Waals surface area contributed by atoms with Crippen molar-refractivity contribution < 1.29 is 18.8 Å². The SMILES string of the molecule is Cc1ccc(NC(=O)CNC(=O)CN(Cc2ccc(F)cc2)C(=O)CC(C)CC(C)(C)C)cc1. The molecule has 0 fully saturated rings. The monoisotopic (exact) mass is 469 g/mol. The number of hydrogen-bond acceptors (Lipinski definition) is 3. The minimum absolute atomic E-state index is 0.0870. The van der Waals surface area contributed by atoms with Gasteiger partial charge in [-0.1, -0.05) is 57.5 Å². The molecule has 0 aromatic heterocycles. The van der Waals surface area contributed by atoms with Gasteiger partial charge in [-0.25, -0.2) is 4.39 Å². The first kappa shape index (κ1) is 27.0. The highest BCUT2D eigenvalue weighted by Crippen LogP contribution is 2.26. The lowest BCUT2D eigenvalue weighted by atomic mass is 9.84. The van der Waals surface area contributed by atoms with Crippen LogP contribution in [0.2, 0.25) is 0 Å². The summed E-state index contributed by atoms with van der Waals surface area (Å²) < 4.78 is 13.3. The molecule has 2 aromatic carbocycles. The second kappa shape index (κ2) is 12.3. The van der Waals surface area contributed by atoms with E-state index in [0.29, 0.717) is 12.1 Å². The standard InChI is InChI=1S/C27H36FN3O3/c1-19-6-12-23(13-7-19)30-24(32)16-29-25(33)18-31(17-21-8-10-22(28)11-9-21)26(34)14-20(2)15-27(3,4)5/h6-13,20H,14-18H2,1-5H3,(H,29,33)(H,30,32). The summed E-state index contributed by atoms with van der Waals surface area (Å²) in [6.07, 6.45) is 1.17. The zero-order valence-corrected chi connectivity index (χ0v) is 20.8. The summed E-state index contributed by atoms with van der Waals surface area (Å²) >= 11 is 0. The minimum atomic E-state index is -0.432. The van der Waals surface area contributed by atoms with Crippen LogP contribution in [0, 0.1) is 24.1 Å². The van der Waals surface area contributed by atoms with Crippen LogP contribution in [-0.4, -0.2) is 35.7 Å². The van der Waals surface area contributed by atoms with E-state index < -0.39 is 5.91 Å². The third-order valence-corrected chi connectivity index (χ3v) is 5.24. The van der Waals surface area contributed by atoms with E-state index in [4.69, 9.17) is 0 Å². The molecule has 1 atom stereocenters. The lowest BCUT2D eigenvalue weighted by Gasteiger charge is -2.27. The Kier molecular flexibility index (Phi) is 9.78. The van der Waals surface area contributed by atoms with E-state index in [1.807, 2.05) is 26.0 Å². The molecule has 7 heteroatoms. The predicted octanol–water partition coefficient (Wildman–Crippen LogP) is 4.68. The van der Waals surface area contributed by atoms with Crippen LogP contribution in [0.25, 0.3) is 0 Å². The van der Waals surface area contributed by atoms with Crippen LogP contribution >= 0.6 is 0 Å². The molecule has 0 saturated carbocycles. The molecule has 34 heavy (non-hydrogen) atoms. The Morgan fingerprint density at radius 1 is 0.971 bits per heavy atom. The fourth-order valence-corrected chi connectivity index (χ4v) is 3.84. The highest BCUT2D eigenvalue weighted by atomic mass is 19.1. The van der Waals surface area contributed by atoms with Crippen LogP contribution in [0.1, 0.15) is 51.7 Å². The number of carbonyl (C=O) groups is 3. The Morgan fingerprint density at radius 2 is 1.59 bits per heavy atom. The third kappa shape index (κ3) is 10.1. The molecule has 2 aromatic rings. The molecule has 0 heterocycles. The molecule has 1 unspecified atom stereocenters. The molecule has 184 valence electrons. The number of aryl methyl sites for hydroxylation is 1. The van der Waals surface area contributed by atoms with E-state index >= 15 is 0 Å². The molecule has 6 nitrogen and oxygen atoms in total. The highest BCUT2D eigenvalue weighted by molar-refractivity contribution is 5.95. The number of halogens is 1. The molecule has 2 N–H and O–H groups in total. The van der Waals surface area contributed by atoms with E-state index in [1.54, 1.807) is 24.3 Å². The van der Waals surface area contributed by atoms with Crippen molar-refractivity contribution in [2.75, 3.05) is 18.4 Å². The van der Waals surface area contributed by atoms with Gasteiger partial charge in [0, 0.05) is 18.7 Å². The number of carbonyl (C=O) groups excluding carboxylic acids is 3. The zero-order valence-electron chi connectivity index (χ0n) is 20.8. The van der Waals surface area contributed by atoms with Crippen LogP contribution in [0.5, 0.6) is 0 Å². The minimum Gasteiger partial charge on any atom is -0.345 e. The molecule has 0 saturated heterocycles. The van der Waals surface area contributed by atoms with Gasteiger partial charge >= 0.3 is 0 Å². The molecular weight excluding hydrogens is 433 g/mol. The molecule has 0 aliphatic rings. The largest absolute Gasteiger partial charge is 0.345 e. The van der Waals surface area contributed by atoms with Crippen molar-refractivity contribution in [2.24, 2.45) is 11.3 Å². The maximum Gasteiger partial charge on any atom is 0.243 e. The van der Waals surface area contributed by atoms with E-state index in [2.05, 4.69) is 31.4 Å². The van der Waals surface area contributed by atoms with Crippen LogP contribution in [0.4, 0.5) is 10.1 Å². The second-order valence-corrected chi connectivity index (χ2v) is 10.1. The Balaban J connectivity index is 1.97. The van der Waals surface area contributed by atoms with E-state index in [-0.39, 0.29) is 48.6 Å². The Labute approximate surface area is 201 Å². The fraction of sp³-hybridized carbons (Fsp3) is 0.444. The van der Waals surface area contributed by atoms with Gasteiger partial charge in [-0.2, -0.15) is 0 Å². The van der Waals surface area contributed by atoms with Gasteiger partial charge in [-0.3, -0.25) is 14.4 Å². The smallest absolute Gasteiger partial charge is 0.243 e. The lowest BCUT2D eigenvalue weighted by molar-refractivity contribution is -0.137. The van der Waals surface area contributed by atoms with Crippen LogP contribution < -0.4 is 10.6 Å². The van der Waals surface area contributed by atoms with Gasteiger partial charge in [0.1, 0.15) is 5.82 Å². The van der Waals surface area contributed by atoms with E-state index in [0.717, 1.165) is 17.5 Å². The average Bonchev–Trinajstić information content (AvgIpc) is 2.73. The first-order valence-electron chi connectivity index (χ1n) is 11.6. The molecule has 3 amide bonds. The van der Waals surface area contributed by atoms with Crippen LogP contribution in [-0.2, 0) is 20.9 Å². The number of benzene rings is 2. The van der Waals surface area contributed by atoms with Crippen molar-refractivity contribution in [2.45, 2.75) is 54.0 Å². The van der Waals surface area contributed by atoms with Gasteiger partial charge in [-0.15, -0.1) is 0 Å². The van der Waals surface area contributed by atoms with Gasteiger partial charge in [0.25, 0.3) is 0 Å². The number of nitrogens with zero attached hydrogens (tertiary/aromatic N) is 1. The quantitative estimate of drug-likeness (QED) is 0.530. The number of rotatable bonds is 10. The first-order valence-corrected chi connectivity index (χ1v) is 11.6. The number of nitrogens with one attached hydrogen (secondary N) is 2. The third-order valence-electron chi connectivity index (χ3n) is 5.24. The Morgan fingerprint density at radius 3 is 2.18 bits per heavy atom. The molecule has 0 spiro atoms. The summed E-state index contributed by atoms with van der Waals surface area (Å²) in [6.45, 7) is 10.1. The molecule has 0 aliphatic heterocycles. The van der Waals surface area contributed by atoms with Crippen molar-refractivity contribution in [3.8, 4) is 0 Å². The normalized spacial score (nSPS) is 12.1. The molecule has 0 aliphatic carbocycles. The molecule has 0 bridgehead atoms. The first-order chi connectivity index (χ1) is 15.9. The van der Waals surface area contributed by atoms with Crippen LogP contribution in [0.15, 0.2) is 48.5 Å². The maximum atomic E-state index is 13.3. The fourth-order valence-electron chi connectivity index (χ4n) is 3.84. The van der Waals surface area contributed by atoms with Gasteiger partial charge in [-0.05, 0) is 54.5 Å². The maximum absolute atomic E-state index is 13.3. The summed E-state index contributed by atoms with van der Waals surface area (Å²) in [4.78, 5) is 39.3. The summed E-state index contributed by atoms with van der Waals surface area (Å²) in [5.74, 6) is -1.16. The molecule has 0 radical (unpaired) electrons. The van der Waals surface area contributed by atoms with Gasteiger partial charge < -0.3 is 15.5 Å². The summed E-state index contributed by atoms with van der Waals surface area (Å²) in [7, 11) is 0. The van der Waals surface area contributed by atoms with Crippen molar-refractivity contribution in [3.63, 3.8) is 0 Å². The predicted molar refractivity (Wildman–Crippen MR) is 132 cm³/mol. The topological polar surface area (TPSA) is 78.5 Å². The van der Waals surface area contributed by atoms with Crippen molar-refractivity contribution in [3.05, 3.63) is 65.5 Å². The summed E-state index contributed by atoms with van der Waals surface area (Å²) in [5, 5.41) is 5.30. The molecular formula is C27H36FN3O3. The number of amides is 3. The summed E-state index contributed by atoms with van der Waals surface area (Å²) in [5.41, 5.74) is 2.53. The van der Waals surface area contributed by atoms with Gasteiger partial charge in [0.15, 0.2) is 0 Å². The van der Waals surface area contributed by atoms with Gasteiger partial charge in [0.2, 0.25) is 17.7 Å².